The summed E-state index contributed by atoms with van der Waals surface area (Å²) in [5, 5.41) is 0. The molecule has 2 aromatic rings. The zero-order valence-electron chi connectivity index (χ0n) is 15.5. The summed E-state index contributed by atoms with van der Waals surface area (Å²) >= 11 is 0. The first kappa shape index (κ1) is 17.5. The molecular formula is C20H28N4O2. The second-order valence-electron chi connectivity index (χ2n) is 7.48. The number of aromatic nitrogens is 3. The summed E-state index contributed by atoms with van der Waals surface area (Å²) in [6.07, 6.45) is 11.1. The van der Waals surface area contributed by atoms with Crippen LogP contribution < -0.4 is 4.74 Å². The molecule has 4 rings (SSSR count). The lowest BCUT2D eigenvalue weighted by Gasteiger charge is -2.34. The van der Waals surface area contributed by atoms with Crippen LogP contribution >= 0.6 is 0 Å². The van der Waals surface area contributed by atoms with E-state index in [0.717, 1.165) is 44.3 Å². The highest BCUT2D eigenvalue weighted by Crippen LogP contribution is 2.27. The molecule has 0 spiro atoms. The minimum atomic E-state index is 0.310. The van der Waals surface area contributed by atoms with E-state index in [2.05, 4.69) is 25.5 Å². The van der Waals surface area contributed by atoms with Gasteiger partial charge in [0.2, 0.25) is 5.88 Å². The highest BCUT2D eigenvalue weighted by Gasteiger charge is 2.26. The van der Waals surface area contributed by atoms with E-state index in [0.29, 0.717) is 11.9 Å². The van der Waals surface area contributed by atoms with Gasteiger partial charge in [-0.1, -0.05) is 18.9 Å². The first-order valence-electron chi connectivity index (χ1n) is 9.62. The third-order valence-electron chi connectivity index (χ3n) is 5.57. The number of pyridine rings is 1. The van der Waals surface area contributed by atoms with E-state index >= 15 is 0 Å². The van der Waals surface area contributed by atoms with E-state index in [1.807, 2.05) is 18.6 Å². The van der Waals surface area contributed by atoms with Crippen molar-refractivity contribution < 1.29 is 9.47 Å². The number of ether oxygens (including phenoxy) is 2. The number of nitrogens with zero attached hydrogens (tertiary/aromatic N) is 4. The third kappa shape index (κ3) is 3.91. The molecule has 140 valence electrons. The Balaban J connectivity index is 1.40. The first-order valence-corrected chi connectivity index (χ1v) is 9.62. The number of rotatable bonds is 7. The molecule has 2 aliphatic rings. The zero-order chi connectivity index (χ0) is 17.8. The van der Waals surface area contributed by atoms with Gasteiger partial charge in [0.25, 0.3) is 0 Å². The average molecular weight is 356 g/mol. The van der Waals surface area contributed by atoms with E-state index in [-0.39, 0.29) is 0 Å². The van der Waals surface area contributed by atoms with E-state index < -0.39 is 0 Å². The fourth-order valence-electron chi connectivity index (χ4n) is 4.23. The van der Waals surface area contributed by atoms with Crippen LogP contribution in [-0.4, -0.2) is 46.3 Å². The Morgan fingerprint density at radius 2 is 2.12 bits per heavy atom. The Bertz CT molecular complexity index is 711. The van der Waals surface area contributed by atoms with E-state index in [9.17, 15) is 0 Å². The summed E-state index contributed by atoms with van der Waals surface area (Å²) in [4.78, 5) is 11.1. The van der Waals surface area contributed by atoms with Gasteiger partial charge in [-0.25, -0.2) is 9.97 Å². The fourth-order valence-corrected chi connectivity index (χ4v) is 4.23. The normalized spacial score (nSPS) is 21.0. The summed E-state index contributed by atoms with van der Waals surface area (Å²) in [6, 6.07) is 4.36. The summed E-state index contributed by atoms with van der Waals surface area (Å²) in [7, 11) is 1.68. The summed E-state index contributed by atoms with van der Waals surface area (Å²) in [6.45, 7) is 4.31. The van der Waals surface area contributed by atoms with Gasteiger partial charge in [-0.05, 0) is 24.8 Å². The molecule has 1 aliphatic carbocycles. The Morgan fingerprint density at radius 3 is 2.96 bits per heavy atom. The second-order valence-corrected chi connectivity index (χ2v) is 7.48. The maximum absolute atomic E-state index is 6.11. The van der Waals surface area contributed by atoms with Crippen molar-refractivity contribution >= 4 is 0 Å². The molecule has 0 bridgehead atoms. The number of hydrogen-bond acceptors (Lipinski definition) is 5. The van der Waals surface area contributed by atoms with Gasteiger partial charge < -0.3 is 14.0 Å². The fraction of sp³-hybridized carbons (Fsp3) is 0.600. The SMILES string of the molecule is COc1ncccc1CN1Cc2cncn2C(COCC2CCCC2)C1. The minimum absolute atomic E-state index is 0.310. The topological polar surface area (TPSA) is 52.4 Å². The maximum atomic E-state index is 6.11. The van der Waals surface area contributed by atoms with Gasteiger partial charge in [-0.2, -0.15) is 0 Å². The van der Waals surface area contributed by atoms with Crippen molar-refractivity contribution in [2.45, 2.75) is 44.8 Å². The first-order chi connectivity index (χ1) is 12.8. The predicted molar refractivity (Wildman–Crippen MR) is 98.9 cm³/mol. The molecule has 6 heteroatoms. The van der Waals surface area contributed by atoms with Gasteiger partial charge in [-0.3, -0.25) is 4.90 Å². The van der Waals surface area contributed by atoms with Crippen molar-refractivity contribution in [1.29, 1.82) is 0 Å². The molecule has 1 unspecified atom stereocenters. The molecule has 2 aromatic heterocycles. The lowest BCUT2D eigenvalue weighted by molar-refractivity contribution is 0.0496. The largest absolute Gasteiger partial charge is 0.481 e. The van der Waals surface area contributed by atoms with Crippen molar-refractivity contribution in [3.05, 3.63) is 42.1 Å². The number of methoxy groups -OCH3 is 1. The molecule has 0 saturated heterocycles. The van der Waals surface area contributed by atoms with E-state index in [4.69, 9.17) is 9.47 Å². The summed E-state index contributed by atoms with van der Waals surface area (Å²) in [5.41, 5.74) is 2.36. The molecule has 6 nitrogen and oxygen atoms in total. The van der Waals surface area contributed by atoms with Crippen LogP contribution in [0, 0.1) is 5.92 Å². The highest BCUT2D eigenvalue weighted by molar-refractivity contribution is 5.25. The molecule has 0 N–H and O–H groups in total. The van der Waals surface area contributed by atoms with Gasteiger partial charge >= 0.3 is 0 Å². The van der Waals surface area contributed by atoms with Crippen LogP contribution in [0.2, 0.25) is 0 Å². The number of fused-ring (bicyclic) bond motifs is 1. The molecule has 26 heavy (non-hydrogen) atoms. The molecule has 1 fully saturated rings. The lowest BCUT2D eigenvalue weighted by atomic mass is 10.1. The van der Waals surface area contributed by atoms with Crippen molar-refractivity contribution in [3.63, 3.8) is 0 Å². The molecule has 0 radical (unpaired) electrons. The molecule has 0 aromatic carbocycles. The van der Waals surface area contributed by atoms with Gasteiger partial charge in [-0.15, -0.1) is 0 Å². The predicted octanol–water partition coefficient (Wildman–Crippen LogP) is 3.05. The molecule has 3 heterocycles. The Kier molecular flexibility index (Phi) is 5.51. The Labute approximate surface area is 155 Å². The lowest BCUT2D eigenvalue weighted by Crippen LogP contribution is -2.38. The average Bonchev–Trinajstić information content (AvgIpc) is 3.34. The standard InChI is InChI=1S/C20H28N4O2/c1-25-20-17(7-4-8-22-20)10-23-11-18-9-21-15-24(18)19(12-23)14-26-13-16-5-2-3-6-16/h4,7-9,15-16,19H,2-3,5-6,10-14H2,1H3. The Morgan fingerprint density at radius 1 is 1.23 bits per heavy atom. The monoisotopic (exact) mass is 356 g/mol. The van der Waals surface area contributed by atoms with Crippen LogP contribution in [0.15, 0.2) is 30.9 Å². The third-order valence-corrected chi connectivity index (χ3v) is 5.57. The van der Waals surface area contributed by atoms with Crippen molar-refractivity contribution in [2.75, 3.05) is 26.9 Å². The van der Waals surface area contributed by atoms with E-state index in [1.165, 1.54) is 31.4 Å². The van der Waals surface area contributed by atoms with Gasteiger partial charge in [0.05, 0.1) is 31.8 Å². The smallest absolute Gasteiger partial charge is 0.217 e. The Hall–Kier alpha value is -1.92. The van der Waals surface area contributed by atoms with Crippen LogP contribution in [0.3, 0.4) is 0 Å². The van der Waals surface area contributed by atoms with Crippen LogP contribution in [0.1, 0.15) is 43.0 Å². The van der Waals surface area contributed by atoms with E-state index in [1.54, 1.807) is 13.3 Å². The van der Waals surface area contributed by atoms with Crippen molar-refractivity contribution in [2.24, 2.45) is 5.92 Å². The summed E-state index contributed by atoms with van der Waals surface area (Å²) < 4.78 is 13.8. The van der Waals surface area contributed by atoms with Crippen molar-refractivity contribution in [1.82, 2.24) is 19.4 Å². The molecule has 1 saturated carbocycles. The van der Waals surface area contributed by atoms with Crippen LogP contribution in [0.25, 0.3) is 0 Å². The van der Waals surface area contributed by atoms with Gasteiger partial charge in [0.1, 0.15) is 0 Å². The molecule has 1 atom stereocenters. The maximum Gasteiger partial charge on any atom is 0.217 e. The molecule has 0 amide bonds. The molecular weight excluding hydrogens is 328 g/mol. The quantitative estimate of drug-likeness (QED) is 0.763. The summed E-state index contributed by atoms with van der Waals surface area (Å²) in [5.74, 6) is 1.47. The van der Waals surface area contributed by atoms with Gasteiger partial charge in [0.15, 0.2) is 0 Å². The van der Waals surface area contributed by atoms with Gasteiger partial charge in [0, 0.05) is 44.2 Å². The molecule has 1 aliphatic heterocycles. The second kappa shape index (κ2) is 8.18. The van der Waals surface area contributed by atoms with Crippen molar-refractivity contribution in [3.8, 4) is 5.88 Å². The zero-order valence-corrected chi connectivity index (χ0v) is 15.5. The highest BCUT2D eigenvalue weighted by atomic mass is 16.5. The van der Waals surface area contributed by atoms with Crippen LogP contribution in [0.4, 0.5) is 0 Å². The van der Waals surface area contributed by atoms with Crippen LogP contribution in [0.5, 0.6) is 5.88 Å². The minimum Gasteiger partial charge on any atom is -0.481 e. The number of hydrogen-bond donors (Lipinski definition) is 0. The van der Waals surface area contributed by atoms with Crippen LogP contribution in [-0.2, 0) is 17.8 Å². The number of imidazole rings is 1.